The normalized spacial score (nSPS) is 11.2. The van der Waals surface area contributed by atoms with Crippen LogP contribution in [-0.4, -0.2) is 12.2 Å². The van der Waals surface area contributed by atoms with Gasteiger partial charge in [0.1, 0.15) is 11.5 Å². The van der Waals surface area contributed by atoms with Crippen molar-refractivity contribution in [2.24, 2.45) is 0 Å². The van der Waals surface area contributed by atoms with Gasteiger partial charge in [0.2, 0.25) is 0 Å². The molecule has 0 radical (unpaired) electrons. The first-order valence-corrected chi connectivity index (χ1v) is 5.62. The van der Waals surface area contributed by atoms with Crippen molar-refractivity contribution in [1.82, 2.24) is 0 Å². The maximum absolute atomic E-state index is 12.4. The second-order valence-corrected chi connectivity index (χ2v) is 3.96. The Morgan fingerprint density at radius 1 is 0.950 bits per heavy atom. The molecule has 0 fully saturated rings. The van der Waals surface area contributed by atoms with Crippen LogP contribution in [0.15, 0.2) is 42.5 Å². The number of rotatable bonds is 3. The van der Waals surface area contributed by atoms with Crippen molar-refractivity contribution in [2.45, 2.75) is 6.18 Å². The van der Waals surface area contributed by atoms with Crippen LogP contribution in [0.2, 0.25) is 0 Å². The quantitative estimate of drug-likeness (QED) is 0.917. The zero-order chi connectivity index (χ0) is 14.8. The number of phenols is 1. The number of ether oxygens (including phenoxy) is 2. The standard InChI is InChI=1S/C14H11F3O3/c1-19-13-8-11(6-7-12(13)18)20-10-4-2-9(3-5-10)14(15,16)17/h2-8,18H,1H3. The summed E-state index contributed by atoms with van der Waals surface area (Å²) in [7, 11) is 1.39. The molecule has 2 rings (SSSR count). The Morgan fingerprint density at radius 3 is 2.10 bits per heavy atom. The Hall–Kier alpha value is -2.37. The lowest BCUT2D eigenvalue weighted by molar-refractivity contribution is -0.137. The van der Waals surface area contributed by atoms with E-state index >= 15 is 0 Å². The highest BCUT2D eigenvalue weighted by Crippen LogP contribution is 2.34. The van der Waals surface area contributed by atoms with Crippen molar-refractivity contribution in [1.29, 1.82) is 0 Å². The Balaban J connectivity index is 2.18. The molecule has 2 aromatic carbocycles. The zero-order valence-corrected chi connectivity index (χ0v) is 10.4. The summed E-state index contributed by atoms with van der Waals surface area (Å²) in [5.41, 5.74) is -0.742. The third-order valence-electron chi connectivity index (χ3n) is 2.57. The largest absolute Gasteiger partial charge is 0.504 e. The van der Waals surface area contributed by atoms with Crippen LogP contribution < -0.4 is 9.47 Å². The lowest BCUT2D eigenvalue weighted by Gasteiger charge is -2.10. The monoisotopic (exact) mass is 284 g/mol. The molecule has 0 aliphatic carbocycles. The molecular formula is C14H11F3O3. The molecule has 0 unspecified atom stereocenters. The molecule has 0 aliphatic heterocycles. The molecule has 0 atom stereocenters. The number of methoxy groups -OCH3 is 1. The molecule has 20 heavy (non-hydrogen) atoms. The van der Waals surface area contributed by atoms with Crippen LogP contribution in [0.5, 0.6) is 23.0 Å². The predicted octanol–water partition coefficient (Wildman–Crippen LogP) is 4.21. The average molecular weight is 284 g/mol. The van der Waals surface area contributed by atoms with Gasteiger partial charge in [-0.25, -0.2) is 0 Å². The SMILES string of the molecule is COc1cc(Oc2ccc(C(F)(F)F)cc2)ccc1O. The summed E-state index contributed by atoms with van der Waals surface area (Å²) in [5, 5.41) is 9.42. The third-order valence-corrected chi connectivity index (χ3v) is 2.57. The Bertz CT molecular complexity index is 592. The van der Waals surface area contributed by atoms with Crippen molar-refractivity contribution < 1.29 is 27.8 Å². The fraction of sp³-hybridized carbons (Fsp3) is 0.143. The van der Waals surface area contributed by atoms with Gasteiger partial charge in [0.15, 0.2) is 11.5 Å². The van der Waals surface area contributed by atoms with E-state index in [4.69, 9.17) is 9.47 Å². The Kier molecular flexibility index (Phi) is 3.74. The molecule has 0 bridgehead atoms. The van der Waals surface area contributed by atoms with E-state index in [1.807, 2.05) is 0 Å². The number of hydrogen-bond donors (Lipinski definition) is 1. The molecule has 106 valence electrons. The van der Waals surface area contributed by atoms with Crippen molar-refractivity contribution in [3.05, 3.63) is 48.0 Å². The van der Waals surface area contributed by atoms with Gasteiger partial charge >= 0.3 is 6.18 Å². The minimum absolute atomic E-state index is 0.0488. The second kappa shape index (κ2) is 5.32. The molecule has 2 aromatic rings. The van der Waals surface area contributed by atoms with Crippen LogP contribution in [0.25, 0.3) is 0 Å². The number of aromatic hydroxyl groups is 1. The lowest BCUT2D eigenvalue weighted by atomic mass is 10.2. The topological polar surface area (TPSA) is 38.7 Å². The number of hydrogen-bond acceptors (Lipinski definition) is 3. The van der Waals surface area contributed by atoms with Crippen LogP contribution in [0.3, 0.4) is 0 Å². The molecule has 3 nitrogen and oxygen atoms in total. The predicted molar refractivity (Wildman–Crippen MR) is 66.2 cm³/mol. The smallest absolute Gasteiger partial charge is 0.416 e. The number of halogens is 3. The minimum atomic E-state index is -4.37. The van der Waals surface area contributed by atoms with Gasteiger partial charge in [0.05, 0.1) is 12.7 Å². The van der Waals surface area contributed by atoms with Gasteiger partial charge in [-0.2, -0.15) is 13.2 Å². The first-order chi connectivity index (χ1) is 9.40. The van der Waals surface area contributed by atoms with Crippen LogP contribution in [0.4, 0.5) is 13.2 Å². The van der Waals surface area contributed by atoms with Gasteiger partial charge in [-0.15, -0.1) is 0 Å². The minimum Gasteiger partial charge on any atom is -0.504 e. The van der Waals surface area contributed by atoms with Gasteiger partial charge in [0, 0.05) is 6.07 Å². The molecule has 0 saturated carbocycles. The van der Waals surface area contributed by atoms with Gasteiger partial charge < -0.3 is 14.6 Å². The fourth-order valence-electron chi connectivity index (χ4n) is 1.57. The van der Waals surface area contributed by atoms with Crippen LogP contribution in [-0.2, 0) is 6.18 Å². The zero-order valence-electron chi connectivity index (χ0n) is 10.4. The summed E-state index contributed by atoms with van der Waals surface area (Å²) in [6.45, 7) is 0. The highest BCUT2D eigenvalue weighted by atomic mass is 19.4. The Morgan fingerprint density at radius 2 is 1.55 bits per heavy atom. The Labute approximate surface area is 113 Å². The fourth-order valence-corrected chi connectivity index (χ4v) is 1.57. The molecule has 0 aromatic heterocycles. The maximum atomic E-state index is 12.4. The molecule has 6 heteroatoms. The van der Waals surface area contributed by atoms with Crippen molar-refractivity contribution in [2.75, 3.05) is 7.11 Å². The van der Waals surface area contributed by atoms with Crippen LogP contribution >= 0.6 is 0 Å². The van der Waals surface area contributed by atoms with E-state index in [-0.39, 0.29) is 17.2 Å². The molecule has 0 spiro atoms. The van der Waals surface area contributed by atoms with E-state index in [0.717, 1.165) is 12.1 Å². The average Bonchev–Trinajstić information content (AvgIpc) is 2.40. The molecule has 1 N–H and O–H groups in total. The molecule has 0 heterocycles. The first kappa shape index (κ1) is 14.0. The molecule has 0 saturated heterocycles. The van der Waals surface area contributed by atoms with Gasteiger partial charge in [0.25, 0.3) is 0 Å². The van der Waals surface area contributed by atoms with Gasteiger partial charge in [-0.1, -0.05) is 0 Å². The van der Waals surface area contributed by atoms with E-state index in [1.165, 1.54) is 37.4 Å². The highest BCUT2D eigenvalue weighted by molar-refractivity contribution is 5.46. The van der Waals surface area contributed by atoms with E-state index in [0.29, 0.717) is 5.75 Å². The summed E-state index contributed by atoms with van der Waals surface area (Å²) in [5.74, 6) is 0.770. The summed E-state index contributed by atoms with van der Waals surface area (Å²) >= 11 is 0. The van der Waals surface area contributed by atoms with E-state index in [9.17, 15) is 18.3 Å². The molecule has 0 amide bonds. The van der Waals surface area contributed by atoms with Gasteiger partial charge in [-0.05, 0) is 36.4 Å². The highest BCUT2D eigenvalue weighted by Gasteiger charge is 2.30. The number of phenolic OH excluding ortho intramolecular Hbond substituents is 1. The summed E-state index contributed by atoms with van der Waals surface area (Å²) in [6, 6.07) is 8.62. The second-order valence-electron chi connectivity index (χ2n) is 3.96. The molecule has 0 aliphatic rings. The summed E-state index contributed by atoms with van der Waals surface area (Å²) < 4.78 is 47.5. The van der Waals surface area contributed by atoms with Crippen LogP contribution in [0.1, 0.15) is 5.56 Å². The lowest BCUT2D eigenvalue weighted by Crippen LogP contribution is -2.03. The van der Waals surface area contributed by atoms with Crippen LogP contribution in [0, 0.1) is 0 Å². The number of alkyl halides is 3. The van der Waals surface area contributed by atoms with E-state index in [1.54, 1.807) is 0 Å². The van der Waals surface area contributed by atoms with E-state index < -0.39 is 11.7 Å². The van der Waals surface area contributed by atoms with Gasteiger partial charge in [-0.3, -0.25) is 0 Å². The van der Waals surface area contributed by atoms with Crippen molar-refractivity contribution in [3.63, 3.8) is 0 Å². The van der Waals surface area contributed by atoms with E-state index in [2.05, 4.69) is 0 Å². The third kappa shape index (κ3) is 3.14. The first-order valence-electron chi connectivity index (χ1n) is 5.62. The summed E-state index contributed by atoms with van der Waals surface area (Å²) in [4.78, 5) is 0. The van der Waals surface area contributed by atoms with Crippen molar-refractivity contribution in [3.8, 4) is 23.0 Å². The summed E-state index contributed by atoms with van der Waals surface area (Å²) in [6.07, 6.45) is -4.37. The molecular weight excluding hydrogens is 273 g/mol. The van der Waals surface area contributed by atoms with Crippen molar-refractivity contribution >= 4 is 0 Å². The number of benzene rings is 2. The maximum Gasteiger partial charge on any atom is 0.416 e.